The van der Waals surface area contributed by atoms with E-state index in [1.54, 1.807) is 37.5 Å². The second-order valence-electron chi connectivity index (χ2n) is 5.76. The van der Waals surface area contributed by atoms with Crippen LogP contribution in [0, 0.1) is 6.92 Å². The molecule has 0 saturated carbocycles. The van der Waals surface area contributed by atoms with Gasteiger partial charge in [-0.2, -0.15) is 5.10 Å². The molecular weight excluding hydrogens is 352 g/mol. The standard InChI is InChI=1S/C17H26N6O2S/c1-15-5-7-16(8-6-15)26(24,25)22-12-11-20-17(18-2)19-9-3-13-23-14-4-10-21-23/h4-8,10,14,22H,3,9,11-13H2,1-2H3,(H2,18,19,20). The van der Waals surface area contributed by atoms with Crippen molar-refractivity contribution in [3.05, 3.63) is 48.3 Å². The van der Waals surface area contributed by atoms with E-state index in [0.29, 0.717) is 12.5 Å². The lowest BCUT2D eigenvalue weighted by Gasteiger charge is -2.12. The van der Waals surface area contributed by atoms with E-state index in [9.17, 15) is 8.42 Å². The molecule has 0 aliphatic rings. The van der Waals surface area contributed by atoms with Crippen molar-refractivity contribution in [3.63, 3.8) is 0 Å². The molecule has 2 aromatic rings. The minimum absolute atomic E-state index is 0.268. The van der Waals surface area contributed by atoms with Gasteiger partial charge in [-0.15, -0.1) is 0 Å². The third-order valence-electron chi connectivity index (χ3n) is 3.68. The number of nitrogens with one attached hydrogen (secondary N) is 3. The van der Waals surface area contributed by atoms with Gasteiger partial charge in [0.25, 0.3) is 0 Å². The fraction of sp³-hybridized carbons (Fsp3) is 0.412. The van der Waals surface area contributed by atoms with E-state index >= 15 is 0 Å². The van der Waals surface area contributed by atoms with Crippen LogP contribution < -0.4 is 15.4 Å². The fourth-order valence-corrected chi connectivity index (χ4v) is 3.30. The molecule has 3 N–H and O–H groups in total. The van der Waals surface area contributed by atoms with Crippen LogP contribution in [0.1, 0.15) is 12.0 Å². The van der Waals surface area contributed by atoms with Gasteiger partial charge in [-0.05, 0) is 31.5 Å². The Balaban J connectivity index is 1.66. The molecule has 0 amide bonds. The molecule has 0 atom stereocenters. The Morgan fingerprint density at radius 2 is 1.88 bits per heavy atom. The van der Waals surface area contributed by atoms with Gasteiger partial charge in [0.05, 0.1) is 4.90 Å². The van der Waals surface area contributed by atoms with E-state index in [1.807, 2.05) is 23.9 Å². The van der Waals surface area contributed by atoms with Crippen molar-refractivity contribution in [2.75, 3.05) is 26.7 Å². The lowest BCUT2D eigenvalue weighted by molar-refractivity contribution is 0.569. The molecule has 26 heavy (non-hydrogen) atoms. The van der Waals surface area contributed by atoms with E-state index in [2.05, 4.69) is 25.4 Å². The van der Waals surface area contributed by atoms with E-state index in [-0.39, 0.29) is 11.4 Å². The Hall–Kier alpha value is -2.39. The Bertz CT molecular complexity index is 785. The van der Waals surface area contributed by atoms with Gasteiger partial charge in [0.2, 0.25) is 10.0 Å². The molecular formula is C17H26N6O2S. The van der Waals surface area contributed by atoms with Crippen LogP contribution in [0.4, 0.5) is 0 Å². The second-order valence-corrected chi connectivity index (χ2v) is 7.53. The fourth-order valence-electron chi connectivity index (χ4n) is 2.27. The topological polar surface area (TPSA) is 100 Å². The highest BCUT2D eigenvalue weighted by Crippen LogP contribution is 2.09. The van der Waals surface area contributed by atoms with E-state index in [0.717, 1.165) is 25.1 Å². The van der Waals surface area contributed by atoms with Crippen LogP contribution in [-0.4, -0.2) is 50.8 Å². The number of aliphatic imine (C=N–C) groups is 1. The number of guanidine groups is 1. The summed E-state index contributed by atoms with van der Waals surface area (Å²) in [5, 5.41) is 10.4. The van der Waals surface area contributed by atoms with E-state index in [1.165, 1.54) is 0 Å². The summed E-state index contributed by atoms with van der Waals surface area (Å²) in [6.45, 7) is 4.19. The molecule has 0 aliphatic heterocycles. The van der Waals surface area contributed by atoms with Crippen LogP contribution in [0.5, 0.6) is 0 Å². The van der Waals surface area contributed by atoms with Crippen LogP contribution in [0.2, 0.25) is 0 Å². The highest BCUT2D eigenvalue weighted by atomic mass is 32.2. The highest BCUT2D eigenvalue weighted by Gasteiger charge is 2.12. The van der Waals surface area contributed by atoms with Gasteiger partial charge in [0, 0.05) is 45.6 Å². The zero-order valence-corrected chi connectivity index (χ0v) is 16.0. The molecule has 0 aliphatic carbocycles. The molecule has 0 fully saturated rings. The van der Waals surface area contributed by atoms with Crippen LogP contribution in [0.3, 0.4) is 0 Å². The summed E-state index contributed by atoms with van der Waals surface area (Å²) < 4.78 is 28.8. The summed E-state index contributed by atoms with van der Waals surface area (Å²) in [6, 6.07) is 8.66. The molecule has 0 bridgehead atoms. The molecule has 1 heterocycles. The van der Waals surface area contributed by atoms with Crippen molar-refractivity contribution in [2.45, 2.75) is 24.8 Å². The van der Waals surface area contributed by atoms with E-state index in [4.69, 9.17) is 0 Å². The first-order chi connectivity index (χ1) is 12.5. The molecule has 142 valence electrons. The number of hydrogen-bond acceptors (Lipinski definition) is 4. The van der Waals surface area contributed by atoms with Crippen molar-refractivity contribution < 1.29 is 8.42 Å². The molecule has 0 saturated heterocycles. The van der Waals surface area contributed by atoms with Crippen LogP contribution >= 0.6 is 0 Å². The van der Waals surface area contributed by atoms with Crippen molar-refractivity contribution in [1.82, 2.24) is 25.1 Å². The van der Waals surface area contributed by atoms with Gasteiger partial charge in [0.15, 0.2) is 5.96 Å². The zero-order chi connectivity index (χ0) is 18.8. The lowest BCUT2D eigenvalue weighted by Crippen LogP contribution is -2.41. The van der Waals surface area contributed by atoms with Gasteiger partial charge in [-0.25, -0.2) is 13.1 Å². The van der Waals surface area contributed by atoms with Crippen LogP contribution in [-0.2, 0) is 16.6 Å². The number of aryl methyl sites for hydroxylation is 2. The maximum Gasteiger partial charge on any atom is 0.240 e. The highest BCUT2D eigenvalue weighted by molar-refractivity contribution is 7.89. The van der Waals surface area contributed by atoms with Gasteiger partial charge < -0.3 is 10.6 Å². The smallest absolute Gasteiger partial charge is 0.240 e. The summed E-state index contributed by atoms with van der Waals surface area (Å²) in [4.78, 5) is 4.39. The lowest BCUT2D eigenvalue weighted by atomic mass is 10.2. The first-order valence-corrected chi connectivity index (χ1v) is 9.98. The third-order valence-corrected chi connectivity index (χ3v) is 5.16. The SMILES string of the molecule is CN=C(NCCCn1cccn1)NCCNS(=O)(=O)c1ccc(C)cc1. The zero-order valence-electron chi connectivity index (χ0n) is 15.1. The third kappa shape index (κ3) is 6.49. The minimum Gasteiger partial charge on any atom is -0.356 e. The number of rotatable bonds is 9. The Kier molecular flexibility index (Phi) is 7.61. The molecule has 1 aromatic carbocycles. The average Bonchev–Trinajstić information content (AvgIpc) is 3.14. The summed E-state index contributed by atoms with van der Waals surface area (Å²) in [5.41, 5.74) is 1.02. The van der Waals surface area contributed by atoms with E-state index < -0.39 is 10.0 Å². The first-order valence-electron chi connectivity index (χ1n) is 8.49. The van der Waals surface area contributed by atoms with Crippen LogP contribution in [0.15, 0.2) is 52.6 Å². The van der Waals surface area contributed by atoms with Gasteiger partial charge in [-0.3, -0.25) is 9.67 Å². The maximum absolute atomic E-state index is 12.2. The van der Waals surface area contributed by atoms with Gasteiger partial charge in [-0.1, -0.05) is 17.7 Å². The quantitative estimate of drug-likeness (QED) is 0.339. The Morgan fingerprint density at radius 1 is 1.15 bits per heavy atom. The molecule has 2 rings (SSSR count). The molecule has 0 unspecified atom stereocenters. The normalized spacial score (nSPS) is 12.2. The molecule has 0 spiro atoms. The number of nitrogens with zero attached hydrogens (tertiary/aromatic N) is 3. The summed E-state index contributed by atoms with van der Waals surface area (Å²) in [7, 11) is -1.81. The maximum atomic E-state index is 12.2. The van der Waals surface area contributed by atoms with Crippen molar-refractivity contribution in [3.8, 4) is 0 Å². The number of hydrogen-bond donors (Lipinski definition) is 3. The Morgan fingerprint density at radius 3 is 2.54 bits per heavy atom. The summed E-state index contributed by atoms with van der Waals surface area (Å²) in [6.07, 6.45) is 4.58. The van der Waals surface area contributed by atoms with Gasteiger partial charge in [0.1, 0.15) is 0 Å². The predicted molar refractivity (Wildman–Crippen MR) is 103 cm³/mol. The summed E-state index contributed by atoms with van der Waals surface area (Å²) in [5.74, 6) is 0.639. The second kappa shape index (κ2) is 9.93. The number of aromatic nitrogens is 2. The number of benzene rings is 1. The van der Waals surface area contributed by atoms with Crippen molar-refractivity contribution in [2.24, 2.45) is 4.99 Å². The first kappa shape index (κ1) is 19.9. The molecule has 1 aromatic heterocycles. The van der Waals surface area contributed by atoms with Crippen molar-refractivity contribution >= 4 is 16.0 Å². The molecule has 8 nitrogen and oxygen atoms in total. The largest absolute Gasteiger partial charge is 0.356 e. The predicted octanol–water partition coefficient (Wildman–Crippen LogP) is 0.725. The molecule has 0 radical (unpaired) electrons. The van der Waals surface area contributed by atoms with Crippen LogP contribution in [0.25, 0.3) is 0 Å². The minimum atomic E-state index is -3.49. The van der Waals surface area contributed by atoms with Gasteiger partial charge >= 0.3 is 0 Å². The number of sulfonamides is 1. The monoisotopic (exact) mass is 378 g/mol. The van der Waals surface area contributed by atoms with Crippen molar-refractivity contribution in [1.29, 1.82) is 0 Å². The molecule has 9 heteroatoms. The summed E-state index contributed by atoms with van der Waals surface area (Å²) >= 11 is 0. The average molecular weight is 379 g/mol. The Labute approximate surface area is 154 Å².